The molecule has 3 rings (SSSR count). The van der Waals surface area contributed by atoms with Gasteiger partial charge in [0.25, 0.3) is 0 Å². The molecule has 20 heavy (non-hydrogen) atoms. The second-order valence-electron chi connectivity index (χ2n) is 6.01. The molecule has 1 aromatic rings. The Morgan fingerprint density at radius 2 is 2.00 bits per heavy atom. The van der Waals surface area contributed by atoms with Crippen LogP contribution in [0.2, 0.25) is 0 Å². The summed E-state index contributed by atoms with van der Waals surface area (Å²) in [6.07, 6.45) is 6.14. The minimum absolute atomic E-state index is 0.174. The van der Waals surface area contributed by atoms with E-state index in [2.05, 4.69) is 33.1 Å². The number of fused-ring (bicyclic) bond motifs is 2. The molecule has 2 nitrogen and oxygen atoms in total. The molecule has 2 fully saturated rings. The van der Waals surface area contributed by atoms with Crippen molar-refractivity contribution in [2.24, 2.45) is 0 Å². The van der Waals surface area contributed by atoms with Crippen LogP contribution in [0.15, 0.2) is 22.7 Å². The molecule has 2 saturated heterocycles. The van der Waals surface area contributed by atoms with E-state index in [0.29, 0.717) is 18.1 Å². The van der Waals surface area contributed by atoms with E-state index in [0.717, 1.165) is 16.7 Å². The summed E-state index contributed by atoms with van der Waals surface area (Å²) in [6.45, 7) is 3.33. The quantitative estimate of drug-likeness (QED) is 0.888. The average molecular weight is 341 g/mol. The Hall–Kier alpha value is -0.610. The van der Waals surface area contributed by atoms with Gasteiger partial charge in [0.2, 0.25) is 0 Å². The SMILES string of the molecule is CCCNC1CC2CCC(C1)N2c1ccc(F)cc1Br. The number of nitrogens with one attached hydrogen (secondary N) is 1. The summed E-state index contributed by atoms with van der Waals surface area (Å²) in [6, 6.07) is 6.93. The van der Waals surface area contributed by atoms with Crippen molar-refractivity contribution in [3.63, 3.8) is 0 Å². The number of hydrogen-bond donors (Lipinski definition) is 1. The molecule has 0 aromatic heterocycles. The summed E-state index contributed by atoms with van der Waals surface area (Å²) in [5, 5.41) is 3.67. The van der Waals surface area contributed by atoms with Crippen LogP contribution in [0.25, 0.3) is 0 Å². The molecule has 2 heterocycles. The summed E-state index contributed by atoms with van der Waals surface area (Å²) in [5.41, 5.74) is 1.16. The highest BCUT2D eigenvalue weighted by molar-refractivity contribution is 9.10. The first-order valence-corrected chi connectivity index (χ1v) is 8.45. The lowest BCUT2D eigenvalue weighted by atomic mass is 9.96. The molecule has 110 valence electrons. The van der Waals surface area contributed by atoms with E-state index in [4.69, 9.17) is 0 Å². The molecular formula is C16H22BrFN2. The molecule has 1 aromatic carbocycles. The number of hydrogen-bond acceptors (Lipinski definition) is 2. The second kappa shape index (κ2) is 6.02. The second-order valence-corrected chi connectivity index (χ2v) is 6.86. The maximum absolute atomic E-state index is 13.3. The van der Waals surface area contributed by atoms with Gasteiger partial charge in [-0.1, -0.05) is 6.92 Å². The zero-order valence-electron chi connectivity index (χ0n) is 11.9. The van der Waals surface area contributed by atoms with Crippen LogP contribution in [0, 0.1) is 5.82 Å². The fourth-order valence-corrected chi connectivity index (χ4v) is 4.33. The number of nitrogens with zero attached hydrogens (tertiary/aromatic N) is 1. The van der Waals surface area contributed by atoms with Gasteiger partial charge in [0.1, 0.15) is 5.82 Å². The van der Waals surface area contributed by atoms with E-state index < -0.39 is 0 Å². The van der Waals surface area contributed by atoms with Gasteiger partial charge in [0.15, 0.2) is 0 Å². The standard InChI is InChI=1S/C16H22BrFN2/c1-2-7-19-12-9-13-4-5-14(10-12)20(13)16-6-3-11(18)8-15(16)17/h3,6,8,12-14,19H,2,4-5,7,9-10H2,1H3. The first-order chi connectivity index (χ1) is 9.69. The summed E-state index contributed by atoms with van der Waals surface area (Å²) in [5.74, 6) is -0.174. The topological polar surface area (TPSA) is 15.3 Å². The van der Waals surface area contributed by atoms with Gasteiger partial charge in [-0.05, 0) is 72.8 Å². The van der Waals surface area contributed by atoms with Gasteiger partial charge in [-0.3, -0.25) is 0 Å². The highest BCUT2D eigenvalue weighted by Crippen LogP contribution is 2.42. The molecular weight excluding hydrogens is 319 g/mol. The summed E-state index contributed by atoms with van der Waals surface area (Å²) in [4.78, 5) is 2.52. The molecule has 2 bridgehead atoms. The zero-order chi connectivity index (χ0) is 14.1. The lowest BCUT2D eigenvalue weighted by Crippen LogP contribution is -2.49. The molecule has 2 unspecified atom stereocenters. The predicted molar refractivity (Wildman–Crippen MR) is 84.7 cm³/mol. The molecule has 2 aliphatic rings. The lowest BCUT2D eigenvalue weighted by molar-refractivity contribution is 0.356. The van der Waals surface area contributed by atoms with E-state index in [1.165, 1.54) is 32.1 Å². The first kappa shape index (κ1) is 14.3. The average Bonchev–Trinajstić information content (AvgIpc) is 2.68. The monoisotopic (exact) mass is 340 g/mol. The molecule has 0 saturated carbocycles. The minimum atomic E-state index is -0.174. The molecule has 0 spiro atoms. The van der Waals surface area contributed by atoms with Crippen molar-refractivity contribution in [2.75, 3.05) is 11.4 Å². The van der Waals surface area contributed by atoms with Gasteiger partial charge in [0, 0.05) is 22.6 Å². The lowest BCUT2D eigenvalue weighted by Gasteiger charge is -2.41. The van der Waals surface area contributed by atoms with Gasteiger partial charge >= 0.3 is 0 Å². The minimum Gasteiger partial charge on any atom is -0.365 e. The Balaban J connectivity index is 1.76. The van der Waals surface area contributed by atoms with Crippen molar-refractivity contribution in [3.05, 3.63) is 28.5 Å². The zero-order valence-corrected chi connectivity index (χ0v) is 13.5. The van der Waals surface area contributed by atoms with Crippen molar-refractivity contribution in [2.45, 2.75) is 57.2 Å². The Morgan fingerprint density at radius 3 is 2.60 bits per heavy atom. The molecule has 1 N–H and O–H groups in total. The Labute approximate surface area is 128 Å². The fraction of sp³-hybridized carbons (Fsp3) is 0.625. The van der Waals surface area contributed by atoms with E-state index in [1.54, 1.807) is 12.1 Å². The van der Waals surface area contributed by atoms with Gasteiger partial charge in [-0.25, -0.2) is 4.39 Å². The normalized spacial score (nSPS) is 28.9. The van der Waals surface area contributed by atoms with Crippen LogP contribution in [-0.2, 0) is 0 Å². The molecule has 2 atom stereocenters. The smallest absolute Gasteiger partial charge is 0.124 e. The van der Waals surface area contributed by atoms with Crippen LogP contribution in [0.3, 0.4) is 0 Å². The van der Waals surface area contributed by atoms with Crippen LogP contribution < -0.4 is 10.2 Å². The highest BCUT2D eigenvalue weighted by Gasteiger charge is 2.41. The molecule has 0 aliphatic carbocycles. The highest BCUT2D eigenvalue weighted by atomic mass is 79.9. The molecule has 0 amide bonds. The molecule has 4 heteroatoms. The van der Waals surface area contributed by atoms with Crippen LogP contribution in [0.4, 0.5) is 10.1 Å². The van der Waals surface area contributed by atoms with E-state index in [1.807, 2.05) is 6.07 Å². The third-order valence-corrected chi connectivity index (χ3v) is 5.24. The van der Waals surface area contributed by atoms with Gasteiger partial charge in [-0.2, -0.15) is 0 Å². The van der Waals surface area contributed by atoms with Crippen LogP contribution in [0.5, 0.6) is 0 Å². The third kappa shape index (κ3) is 2.73. The summed E-state index contributed by atoms with van der Waals surface area (Å²) >= 11 is 3.53. The van der Waals surface area contributed by atoms with Crippen LogP contribution >= 0.6 is 15.9 Å². The summed E-state index contributed by atoms with van der Waals surface area (Å²) in [7, 11) is 0. The van der Waals surface area contributed by atoms with Crippen molar-refractivity contribution in [1.29, 1.82) is 0 Å². The number of halogens is 2. The maximum Gasteiger partial charge on any atom is 0.124 e. The predicted octanol–water partition coefficient (Wildman–Crippen LogP) is 4.09. The number of anilines is 1. The number of benzene rings is 1. The van der Waals surface area contributed by atoms with Gasteiger partial charge < -0.3 is 10.2 Å². The van der Waals surface area contributed by atoms with Gasteiger partial charge in [0.05, 0.1) is 5.69 Å². The van der Waals surface area contributed by atoms with Crippen molar-refractivity contribution >= 4 is 21.6 Å². The van der Waals surface area contributed by atoms with E-state index >= 15 is 0 Å². The number of piperidine rings is 1. The fourth-order valence-electron chi connectivity index (χ4n) is 3.78. The molecule has 0 radical (unpaired) electrons. The Kier molecular flexibility index (Phi) is 4.32. The summed E-state index contributed by atoms with van der Waals surface area (Å²) < 4.78 is 14.2. The number of rotatable bonds is 4. The third-order valence-electron chi connectivity index (χ3n) is 4.60. The van der Waals surface area contributed by atoms with Crippen LogP contribution in [-0.4, -0.2) is 24.7 Å². The van der Waals surface area contributed by atoms with E-state index in [-0.39, 0.29) is 5.82 Å². The van der Waals surface area contributed by atoms with E-state index in [9.17, 15) is 4.39 Å². The van der Waals surface area contributed by atoms with Gasteiger partial charge in [-0.15, -0.1) is 0 Å². The maximum atomic E-state index is 13.3. The Morgan fingerprint density at radius 1 is 1.30 bits per heavy atom. The largest absolute Gasteiger partial charge is 0.365 e. The Bertz CT molecular complexity index is 466. The first-order valence-electron chi connectivity index (χ1n) is 7.65. The van der Waals surface area contributed by atoms with Crippen molar-refractivity contribution < 1.29 is 4.39 Å². The van der Waals surface area contributed by atoms with Crippen LogP contribution in [0.1, 0.15) is 39.0 Å². The molecule has 2 aliphatic heterocycles. The van der Waals surface area contributed by atoms with Crippen molar-refractivity contribution in [3.8, 4) is 0 Å². The van der Waals surface area contributed by atoms with Crippen molar-refractivity contribution in [1.82, 2.24) is 5.32 Å².